The lowest BCUT2D eigenvalue weighted by molar-refractivity contribution is 1.09. The van der Waals surface area contributed by atoms with Crippen molar-refractivity contribution in [3.05, 3.63) is 55.2 Å². The molecule has 2 rings (SSSR count). The highest BCUT2D eigenvalue weighted by Gasteiger charge is 2.20. The van der Waals surface area contributed by atoms with Gasteiger partial charge >= 0.3 is 0 Å². The normalized spacial score (nSPS) is 12.8. The SMILES string of the molecule is Cc1cccc(C)c1C(Cl)c1cc(Cl)sc1Cl. The Bertz CT molecular complexity index is 525. The first-order chi connectivity index (χ1) is 8.00. The van der Waals surface area contributed by atoms with Gasteiger partial charge in [-0.15, -0.1) is 22.9 Å². The Morgan fingerprint density at radius 3 is 2.18 bits per heavy atom. The zero-order valence-electron chi connectivity index (χ0n) is 9.43. The average Bonchev–Trinajstić information content (AvgIpc) is 2.57. The lowest BCUT2D eigenvalue weighted by atomic mass is 9.97. The molecule has 0 saturated heterocycles. The molecule has 0 saturated carbocycles. The Morgan fingerprint density at radius 1 is 1.12 bits per heavy atom. The van der Waals surface area contributed by atoms with Gasteiger partial charge in [-0.05, 0) is 36.6 Å². The van der Waals surface area contributed by atoms with Crippen LogP contribution in [-0.2, 0) is 0 Å². The molecule has 0 aliphatic heterocycles. The summed E-state index contributed by atoms with van der Waals surface area (Å²) in [6, 6.07) is 7.98. The van der Waals surface area contributed by atoms with Crippen LogP contribution in [0, 0.1) is 13.8 Å². The summed E-state index contributed by atoms with van der Waals surface area (Å²) in [5, 5.41) is -0.243. The Kier molecular flexibility index (Phi) is 4.04. The highest BCUT2D eigenvalue weighted by Crippen LogP contribution is 2.42. The molecule has 1 heterocycles. The number of halogens is 3. The van der Waals surface area contributed by atoms with Gasteiger partial charge < -0.3 is 0 Å². The number of hydrogen-bond donors (Lipinski definition) is 0. The van der Waals surface area contributed by atoms with Crippen molar-refractivity contribution < 1.29 is 0 Å². The number of aryl methyl sites for hydroxylation is 2. The summed E-state index contributed by atoms with van der Waals surface area (Å²) in [5.41, 5.74) is 4.35. The molecule has 0 spiro atoms. The summed E-state index contributed by atoms with van der Waals surface area (Å²) in [5.74, 6) is 0. The van der Waals surface area contributed by atoms with Crippen molar-refractivity contribution in [1.82, 2.24) is 0 Å². The molecule has 17 heavy (non-hydrogen) atoms. The van der Waals surface area contributed by atoms with Crippen LogP contribution in [0.25, 0.3) is 0 Å². The monoisotopic (exact) mass is 304 g/mol. The molecule has 4 heteroatoms. The maximum Gasteiger partial charge on any atom is 0.0994 e. The summed E-state index contributed by atoms with van der Waals surface area (Å²) in [4.78, 5) is 0. The zero-order chi connectivity index (χ0) is 12.6. The van der Waals surface area contributed by atoms with Gasteiger partial charge in [0.05, 0.1) is 14.0 Å². The van der Waals surface area contributed by atoms with E-state index in [1.54, 1.807) is 0 Å². The van der Waals surface area contributed by atoms with Crippen LogP contribution in [0.15, 0.2) is 24.3 Å². The standard InChI is InChI=1S/C13H11Cl3S/c1-7-4-3-5-8(2)11(7)12(15)9-6-10(14)17-13(9)16/h3-6,12H,1-2H3. The number of rotatable bonds is 2. The van der Waals surface area contributed by atoms with E-state index in [1.807, 2.05) is 12.1 Å². The fraction of sp³-hybridized carbons (Fsp3) is 0.231. The maximum absolute atomic E-state index is 6.52. The summed E-state index contributed by atoms with van der Waals surface area (Å²) in [6.07, 6.45) is 0. The minimum atomic E-state index is -0.243. The minimum Gasteiger partial charge on any atom is -0.112 e. The molecule has 1 aromatic carbocycles. The molecular formula is C13H11Cl3S. The third-order valence-corrected chi connectivity index (χ3v) is 4.72. The van der Waals surface area contributed by atoms with Crippen LogP contribution < -0.4 is 0 Å². The number of benzene rings is 1. The largest absolute Gasteiger partial charge is 0.112 e. The molecule has 0 amide bonds. The second kappa shape index (κ2) is 5.19. The molecule has 0 aliphatic carbocycles. The summed E-state index contributed by atoms with van der Waals surface area (Å²) in [6.45, 7) is 4.11. The van der Waals surface area contributed by atoms with Gasteiger partial charge in [0, 0.05) is 5.56 Å². The molecule has 0 bridgehead atoms. The summed E-state index contributed by atoms with van der Waals surface area (Å²) in [7, 11) is 0. The van der Waals surface area contributed by atoms with E-state index in [2.05, 4.69) is 26.0 Å². The molecule has 1 unspecified atom stereocenters. The van der Waals surface area contributed by atoms with Crippen molar-refractivity contribution in [2.24, 2.45) is 0 Å². The van der Waals surface area contributed by atoms with E-state index < -0.39 is 0 Å². The first-order valence-electron chi connectivity index (χ1n) is 5.15. The summed E-state index contributed by atoms with van der Waals surface area (Å²) >= 11 is 20.0. The third kappa shape index (κ3) is 2.63. The highest BCUT2D eigenvalue weighted by atomic mass is 35.5. The molecule has 0 aliphatic rings. The molecular weight excluding hydrogens is 295 g/mol. The van der Waals surface area contributed by atoms with Gasteiger partial charge in [-0.3, -0.25) is 0 Å². The number of hydrogen-bond acceptors (Lipinski definition) is 1. The van der Waals surface area contributed by atoms with Gasteiger partial charge in [-0.2, -0.15) is 0 Å². The van der Waals surface area contributed by atoms with Gasteiger partial charge in [0.25, 0.3) is 0 Å². The maximum atomic E-state index is 6.52. The van der Waals surface area contributed by atoms with Crippen molar-refractivity contribution >= 4 is 46.1 Å². The molecule has 1 atom stereocenters. The summed E-state index contributed by atoms with van der Waals surface area (Å²) < 4.78 is 1.33. The first kappa shape index (κ1) is 13.2. The Morgan fingerprint density at radius 2 is 1.71 bits per heavy atom. The lowest BCUT2D eigenvalue weighted by Gasteiger charge is -2.15. The predicted molar refractivity (Wildman–Crippen MR) is 78.0 cm³/mol. The second-order valence-corrected chi connectivity index (χ2v) is 6.67. The van der Waals surface area contributed by atoms with Gasteiger partial charge in [0.15, 0.2) is 0 Å². The molecule has 1 aromatic heterocycles. The fourth-order valence-corrected chi connectivity index (χ4v) is 4.08. The van der Waals surface area contributed by atoms with Gasteiger partial charge in [-0.25, -0.2) is 0 Å². The quantitative estimate of drug-likeness (QED) is 0.597. The van der Waals surface area contributed by atoms with Crippen LogP contribution in [-0.4, -0.2) is 0 Å². The fourth-order valence-electron chi connectivity index (χ4n) is 1.91. The smallest absolute Gasteiger partial charge is 0.0994 e. The number of thiophene rings is 1. The molecule has 0 fully saturated rings. The van der Waals surface area contributed by atoms with Gasteiger partial charge in [-0.1, -0.05) is 41.4 Å². The van der Waals surface area contributed by atoms with Crippen molar-refractivity contribution in [2.45, 2.75) is 19.2 Å². The van der Waals surface area contributed by atoms with Gasteiger partial charge in [0.2, 0.25) is 0 Å². The molecule has 90 valence electrons. The van der Waals surface area contributed by atoms with Crippen molar-refractivity contribution in [3.8, 4) is 0 Å². The van der Waals surface area contributed by atoms with E-state index >= 15 is 0 Å². The van der Waals surface area contributed by atoms with Crippen molar-refractivity contribution in [1.29, 1.82) is 0 Å². The molecule has 0 nitrogen and oxygen atoms in total. The van der Waals surface area contributed by atoms with Crippen LogP contribution in [0.2, 0.25) is 8.67 Å². The molecule has 0 radical (unpaired) electrons. The first-order valence-corrected chi connectivity index (χ1v) is 7.16. The van der Waals surface area contributed by atoms with Crippen LogP contribution >= 0.6 is 46.1 Å². The van der Waals surface area contributed by atoms with Crippen molar-refractivity contribution in [3.63, 3.8) is 0 Å². The lowest BCUT2D eigenvalue weighted by Crippen LogP contribution is -1.98. The second-order valence-electron chi connectivity index (χ2n) is 3.95. The van der Waals surface area contributed by atoms with Crippen LogP contribution in [0.1, 0.15) is 27.6 Å². The van der Waals surface area contributed by atoms with Gasteiger partial charge in [0.1, 0.15) is 0 Å². The molecule has 2 aromatic rings. The Labute approximate surface area is 120 Å². The van der Waals surface area contributed by atoms with E-state index in [-0.39, 0.29) is 5.38 Å². The van der Waals surface area contributed by atoms with Crippen LogP contribution in [0.3, 0.4) is 0 Å². The highest BCUT2D eigenvalue weighted by molar-refractivity contribution is 7.20. The Hall–Kier alpha value is -0.210. The van der Waals surface area contributed by atoms with E-state index in [9.17, 15) is 0 Å². The third-order valence-electron chi connectivity index (χ3n) is 2.75. The zero-order valence-corrected chi connectivity index (χ0v) is 12.5. The molecule has 0 N–H and O–H groups in total. The Balaban J connectivity index is 2.51. The minimum absolute atomic E-state index is 0.243. The van der Waals surface area contributed by atoms with E-state index in [0.29, 0.717) is 8.67 Å². The predicted octanol–water partition coefficient (Wildman–Crippen LogP) is 6.00. The van der Waals surface area contributed by atoms with Crippen molar-refractivity contribution in [2.75, 3.05) is 0 Å². The van der Waals surface area contributed by atoms with E-state index in [1.165, 1.54) is 22.5 Å². The van der Waals surface area contributed by atoms with Crippen LogP contribution in [0.5, 0.6) is 0 Å². The topological polar surface area (TPSA) is 0 Å². The number of alkyl halides is 1. The van der Waals surface area contributed by atoms with E-state index in [4.69, 9.17) is 34.8 Å². The van der Waals surface area contributed by atoms with E-state index in [0.717, 1.165) is 11.1 Å². The van der Waals surface area contributed by atoms with Crippen LogP contribution in [0.4, 0.5) is 0 Å². The average molecular weight is 306 g/mol.